The Hall–Kier alpha value is -1.83. The standard InChI is InChI=1S/C20H24N2O3S2/c1-25-20(24)18-16(11-27-19(18)22-17(23)12-26-9-8-21)15-7-6-13-4-2-3-5-14(13)10-15/h6-7,10-11H,2-5,8-9,12,21H2,1H3,(H,22,23). The number of anilines is 1. The van der Waals surface area contributed by atoms with Crippen LogP contribution in [0.2, 0.25) is 0 Å². The first-order valence-electron chi connectivity index (χ1n) is 9.03. The molecule has 0 bridgehead atoms. The van der Waals surface area contributed by atoms with Gasteiger partial charge in [0.1, 0.15) is 10.6 Å². The van der Waals surface area contributed by atoms with Gasteiger partial charge in [0.05, 0.1) is 12.9 Å². The minimum atomic E-state index is -0.436. The average molecular weight is 405 g/mol. The Morgan fingerprint density at radius 2 is 2.04 bits per heavy atom. The van der Waals surface area contributed by atoms with Gasteiger partial charge in [-0.1, -0.05) is 18.2 Å². The molecule has 1 aromatic heterocycles. The van der Waals surface area contributed by atoms with Crippen molar-refractivity contribution in [2.75, 3.05) is 30.5 Å². The van der Waals surface area contributed by atoms with Crippen molar-refractivity contribution in [3.8, 4) is 11.1 Å². The second-order valence-corrected chi connectivity index (χ2v) is 8.41. The van der Waals surface area contributed by atoms with E-state index < -0.39 is 5.97 Å². The largest absolute Gasteiger partial charge is 0.465 e. The van der Waals surface area contributed by atoms with Crippen LogP contribution in [0.25, 0.3) is 11.1 Å². The third-order valence-electron chi connectivity index (χ3n) is 4.59. The normalized spacial score (nSPS) is 13.1. The zero-order valence-electron chi connectivity index (χ0n) is 15.4. The summed E-state index contributed by atoms with van der Waals surface area (Å²) in [7, 11) is 1.36. The first-order chi connectivity index (χ1) is 13.1. The number of esters is 1. The van der Waals surface area contributed by atoms with Crippen molar-refractivity contribution in [1.82, 2.24) is 0 Å². The highest BCUT2D eigenvalue weighted by atomic mass is 32.2. The van der Waals surface area contributed by atoms with Crippen LogP contribution in [-0.4, -0.2) is 37.0 Å². The molecule has 1 amide bonds. The number of carbonyl (C=O) groups excluding carboxylic acids is 2. The molecular weight excluding hydrogens is 380 g/mol. The smallest absolute Gasteiger partial charge is 0.341 e. The molecule has 0 fully saturated rings. The van der Waals surface area contributed by atoms with E-state index >= 15 is 0 Å². The number of rotatable bonds is 7. The molecule has 0 saturated heterocycles. The Morgan fingerprint density at radius 3 is 2.78 bits per heavy atom. The van der Waals surface area contributed by atoms with Gasteiger partial charge in [-0.15, -0.1) is 11.3 Å². The van der Waals surface area contributed by atoms with Gasteiger partial charge in [-0.05, 0) is 42.4 Å². The number of ether oxygens (including phenoxy) is 1. The van der Waals surface area contributed by atoms with Crippen LogP contribution in [0.15, 0.2) is 23.6 Å². The van der Waals surface area contributed by atoms with Gasteiger partial charge in [0.25, 0.3) is 0 Å². The summed E-state index contributed by atoms with van der Waals surface area (Å²) in [6.07, 6.45) is 4.62. The fourth-order valence-electron chi connectivity index (χ4n) is 3.28. The molecule has 0 unspecified atom stereocenters. The molecule has 3 rings (SSSR count). The van der Waals surface area contributed by atoms with Crippen molar-refractivity contribution in [3.05, 3.63) is 40.3 Å². The van der Waals surface area contributed by atoms with Gasteiger partial charge in [-0.25, -0.2) is 4.79 Å². The number of aryl methyl sites for hydroxylation is 2. The summed E-state index contributed by atoms with van der Waals surface area (Å²) in [5, 5.41) is 5.31. The van der Waals surface area contributed by atoms with Gasteiger partial charge in [0.15, 0.2) is 0 Å². The van der Waals surface area contributed by atoms with Crippen LogP contribution in [0.5, 0.6) is 0 Å². The Balaban J connectivity index is 1.88. The lowest BCUT2D eigenvalue weighted by Gasteiger charge is -2.16. The maximum atomic E-state index is 12.4. The van der Waals surface area contributed by atoms with Gasteiger partial charge in [-0.2, -0.15) is 11.8 Å². The summed E-state index contributed by atoms with van der Waals surface area (Å²) in [6, 6.07) is 6.39. The van der Waals surface area contributed by atoms with E-state index in [0.29, 0.717) is 22.9 Å². The summed E-state index contributed by atoms with van der Waals surface area (Å²) in [5.74, 6) is 0.456. The molecule has 27 heavy (non-hydrogen) atoms. The predicted molar refractivity (Wildman–Crippen MR) is 113 cm³/mol. The number of carbonyl (C=O) groups is 2. The maximum absolute atomic E-state index is 12.4. The van der Waals surface area contributed by atoms with E-state index in [1.165, 1.54) is 54.2 Å². The minimum absolute atomic E-state index is 0.141. The first kappa shape index (κ1) is 19.9. The zero-order chi connectivity index (χ0) is 19.2. The van der Waals surface area contributed by atoms with Crippen LogP contribution in [0.4, 0.5) is 5.00 Å². The number of fused-ring (bicyclic) bond motifs is 1. The predicted octanol–water partition coefficient (Wildman–Crippen LogP) is 3.71. The van der Waals surface area contributed by atoms with Crippen LogP contribution in [0.3, 0.4) is 0 Å². The molecule has 0 radical (unpaired) electrons. The van der Waals surface area contributed by atoms with Crippen molar-refractivity contribution in [1.29, 1.82) is 0 Å². The third-order valence-corrected chi connectivity index (χ3v) is 6.47. The number of methoxy groups -OCH3 is 1. The summed E-state index contributed by atoms with van der Waals surface area (Å²) in [4.78, 5) is 24.6. The first-order valence-corrected chi connectivity index (χ1v) is 11.1. The Labute approximate surface area is 167 Å². The average Bonchev–Trinajstić information content (AvgIpc) is 3.10. The monoisotopic (exact) mass is 404 g/mol. The highest BCUT2D eigenvalue weighted by Gasteiger charge is 2.23. The van der Waals surface area contributed by atoms with E-state index in [2.05, 4.69) is 23.5 Å². The number of hydrogen-bond acceptors (Lipinski definition) is 6. The van der Waals surface area contributed by atoms with Crippen molar-refractivity contribution >= 4 is 40.0 Å². The van der Waals surface area contributed by atoms with Crippen molar-refractivity contribution in [3.63, 3.8) is 0 Å². The van der Waals surface area contributed by atoms with E-state index in [0.717, 1.165) is 29.7 Å². The second-order valence-electron chi connectivity index (χ2n) is 6.43. The summed E-state index contributed by atoms with van der Waals surface area (Å²) >= 11 is 2.82. The molecule has 0 atom stereocenters. The van der Waals surface area contributed by atoms with E-state index in [1.54, 1.807) is 0 Å². The highest BCUT2D eigenvalue weighted by molar-refractivity contribution is 7.99. The van der Waals surface area contributed by atoms with Crippen molar-refractivity contribution in [2.45, 2.75) is 25.7 Å². The third kappa shape index (κ3) is 4.72. The molecule has 144 valence electrons. The molecule has 1 aliphatic rings. The van der Waals surface area contributed by atoms with Crippen LogP contribution in [0.1, 0.15) is 34.3 Å². The number of thioether (sulfide) groups is 1. The summed E-state index contributed by atoms with van der Waals surface area (Å²) in [6.45, 7) is 0.535. The Kier molecular flexibility index (Phi) is 6.93. The molecule has 5 nitrogen and oxygen atoms in total. The Bertz CT molecular complexity index is 833. The lowest BCUT2D eigenvalue weighted by atomic mass is 9.89. The zero-order valence-corrected chi connectivity index (χ0v) is 17.0. The van der Waals surface area contributed by atoms with E-state index in [1.807, 2.05) is 5.38 Å². The molecule has 3 N–H and O–H groups in total. The quantitative estimate of drug-likeness (QED) is 0.543. The topological polar surface area (TPSA) is 81.4 Å². The molecule has 1 aliphatic carbocycles. The fourth-order valence-corrected chi connectivity index (χ4v) is 4.82. The van der Waals surface area contributed by atoms with Crippen LogP contribution in [0, 0.1) is 0 Å². The maximum Gasteiger partial charge on any atom is 0.341 e. The lowest BCUT2D eigenvalue weighted by Crippen LogP contribution is -2.17. The molecule has 1 aromatic carbocycles. The van der Waals surface area contributed by atoms with Crippen molar-refractivity contribution < 1.29 is 14.3 Å². The fraction of sp³-hybridized carbons (Fsp3) is 0.400. The number of nitrogens with two attached hydrogens (primary N) is 1. The number of amides is 1. The van der Waals surface area contributed by atoms with Crippen LogP contribution >= 0.6 is 23.1 Å². The highest BCUT2D eigenvalue weighted by Crippen LogP contribution is 2.37. The second kappa shape index (κ2) is 9.39. The van der Waals surface area contributed by atoms with E-state index in [4.69, 9.17) is 10.5 Å². The molecule has 1 heterocycles. The van der Waals surface area contributed by atoms with Gasteiger partial charge in [0, 0.05) is 23.2 Å². The van der Waals surface area contributed by atoms with Gasteiger partial charge < -0.3 is 15.8 Å². The number of nitrogens with one attached hydrogen (secondary N) is 1. The number of thiophene rings is 1. The van der Waals surface area contributed by atoms with Gasteiger partial charge in [-0.3, -0.25) is 4.79 Å². The Morgan fingerprint density at radius 1 is 1.26 bits per heavy atom. The molecule has 2 aromatic rings. The molecule has 7 heteroatoms. The molecule has 0 aliphatic heterocycles. The lowest BCUT2D eigenvalue weighted by molar-refractivity contribution is -0.113. The van der Waals surface area contributed by atoms with Gasteiger partial charge in [0.2, 0.25) is 5.91 Å². The number of hydrogen-bond donors (Lipinski definition) is 2. The van der Waals surface area contributed by atoms with E-state index in [-0.39, 0.29) is 5.91 Å². The minimum Gasteiger partial charge on any atom is -0.465 e. The van der Waals surface area contributed by atoms with E-state index in [9.17, 15) is 9.59 Å². The van der Waals surface area contributed by atoms with Crippen LogP contribution < -0.4 is 11.1 Å². The molecule has 0 saturated carbocycles. The van der Waals surface area contributed by atoms with Crippen molar-refractivity contribution in [2.24, 2.45) is 5.73 Å². The molecule has 0 spiro atoms. The van der Waals surface area contributed by atoms with Crippen LogP contribution in [-0.2, 0) is 22.4 Å². The summed E-state index contributed by atoms with van der Waals surface area (Å²) in [5.41, 5.74) is 10.4. The van der Waals surface area contributed by atoms with Gasteiger partial charge >= 0.3 is 5.97 Å². The number of benzene rings is 1. The molecular formula is C20H24N2O3S2. The summed E-state index contributed by atoms with van der Waals surface area (Å²) < 4.78 is 4.98. The SMILES string of the molecule is COC(=O)c1c(-c2ccc3c(c2)CCCC3)csc1NC(=O)CSCCN.